The molecule has 36 valence electrons. The van der Waals surface area contributed by atoms with Crippen LogP contribution >= 0.6 is 0 Å². The van der Waals surface area contributed by atoms with Crippen molar-refractivity contribution in [2.45, 2.75) is 20.3 Å². The maximum Gasteiger partial charge on any atom is 0 e. The van der Waals surface area contributed by atoms with Gasteiger partial charge in [-0.15, -0.1) is 0 Å². The first-order valence-corrected chi connectivity index (χ1v) is 2.06. The first-order valence-electron chi connectivity index (χ1n) is 2.06. The van der Waals surface area contributed by atoms with Crippen molar-refractivity contribution < 1.29 is 26.2 Å². The molecule has 0 aliphatic rings. The third-order valence-corrected chi connectivity index (χ3v) is 0.577. The first-order chi connectivity index (χ1) is 2.27. The summed E-state index contributed by atoms with van der Waals surface area (Å²) in [7, 11) is 0. The van der Waals surface area contributed by atoms with Gasteiger partial charge in [-0.2, -0.15) is 6.42 Å². The van der Waals surface area contributed by atoms with Crippen LogP contribution in [0.15, 0.2) is 0 Å². The van der Waals surface area contributed by atoms with Gasteiger partial charge in [-0.05, 0) is 0 Å². The first kappa shape index (κ1) is 9.99. The van der Waals surface area contributed by atoms with Crippen LogP contribution in [0.2, 0.25) is 0 Å². The van der Waals surface area contributed by atoms with E-state index in [1.54, 1.807) is 0 Å². The van der Waals surface area contributed by atoms with Gasteiger partial charge in [0, 0.05) is 26.2 Å². The molecule has 0 fully saturated rings. The quantitative estimate of drug-likeness (QED) is 0.516. The van der Waals surface area contributed by atoms with Crippen molar-refractivity contribution in [3.8, 4) is 0 Å². The third kappa shape index (κ3) is 8.86. The molecule has 0 rings (SSSR count). The summed E-state index contributed by atoms with van der Waals surface area (Å²) in [5.74, 6) is 0.773. The van der Waals surface area contributed by atoms with E-state index >= 15 is 0 Å². The molecule has 0 aromatic rings. The van der Waals surface area contributed by atoms with Crippen molar-refractivity contribution in [2.75, 3.05) is 0 Å². The summed E-state index contributed by atoms with van der Waals surface area (Å²) >= 11 is 0. The van der Waals surface area contributed by atoms with Crippen LogP contribution < -0.4 is 0 Å². The van der Waals surface area contributed by atoms with Crippen molar-refractivity contribution in [3.63, 3.8) is 0 Å². The molecular formula is C5H11Zr-. The Kier molecular flexibility index (Phi) is 9.80. The average Bonchev–Trinajstić information content (AvgIpc) is 1.38. The summed E-state index contributed by atoms with van der Waals surface area (Å²) in [6.07, 6.45) is 1.06. The molecule has 0 aromatic heterocycles. The molecule has 0 unspecified atom stereocenters. The van der Waals surface area contributed by atoms with Gasteiger partial charge in [0.25, 0.3) is 0 Å². The Labute approximate surface area is 59.4 Å². The van der Waals surface area contributed by atoms with Crippen LogP contribution in [-0.2, 0) is 26.2 Å². The monoisotopic (exact) mass is 161 g/mol. The van der Waals surface area contributed by atoms with E-state index in [0.29, 0.717) is 0 Å². The van der Waals surface area contributed by atoms with E-state index in [0.717, 1.165) is 12.3 Å². The zero-order valence-electron chi connectivity index (χ0n) is 4.49. The van der Waals surface area contributed by atoms with Crippen molar-refractivity contribution in [2.24, 2.45) is 5.92 Å². The van der Waals surface area contributed by atoms with E-state index in [1.165, 1.54) is 0 Å². The van der Waals surface area contributed by atoms with Crippen LogP contribution in [0.3, 0.4) is 0 Å². The van der Waals surface area contributed by atoms with Gasteiger partial charge in [-0.3, -0.25) is 0 Å². The SMILES string of the molecule is [CH2-]CC(C)C.[Zr]. The Morgan fingerprint density at radius 1 is 1.50 bits per heavy atom. The fourth-order valence-corrected chi connectivity index (χ4v) is 0. The van der Waals surface area contributed by atoms with Crippen LogP contribution in [0.25, 0.3) is 0 Å². The third-order valence-electron chi connectivity index (χ3n) is 0.577. The standard InChI is InChI=1S/C5H11.Zr/c1-4-5(2)3;/h5H,1,4H2,2-3H3;/q-1;. The largest absolute Gasteiger partial charge is 0.343 e. The van der Waals surface area contributed by atoms with Crippen LogP contribution in [0.4, 0.5) is 0 Å². The van der Waals surface area contributed by atoms with Crippen LogP contribution in [0.5, 0.6) is 0 Å². The zero-order chi connectivity index (χ0) is 4.28. The molecule has 0 aliphatic heterocycles. The van der Waals surface area contributed by atoms with Crippen LogP contribution in [0, 0.1) is 12.8 Å². The Bertz CT molecular complexity index is 17.9. The predicted octanol–water partition coefficient (Wildman–Crippen LogP) is 1.86. The molecule has 1 heteroatoms. The molecule has 0 saturated carbocycles. The zero-order valence-corrected chi connectivity index (χ0v) is 6.95. The van der Waals surface area contributed by atoms with E-state index in [-0.39, 0.29) is 26.2 Å². The molecule has 0 N–H and O–H groups in total. The minimum atomic E-state index is 0. The van der Waals surface area contributed by atoms with E-state index < -0.39 is 0 Å². The van der Waals surface area contributed by atoms with Gasteiger partial charge in [-0.25, -0.2) is 0 Å². The second-order valence-electron chi connectivity index (χ2n) is 1.68. The number of hydrogen-bond acceptors (Lipinski definition) is 0. The van der Waals surface area contributed by atoms with Crippen molar-refractivity contribution in [3.05, 3.63) is 6.92 Å². The van der Waals surface area contributed by atoms with E-state index in [2.05, 4.69) is 20.8 Å². The Hall–Kier alpha value is 0.883. The average molecular weight is 162 g/mol. The van der Waals surface area contributed by atoms with Gasteiger partial charge >= 0.3 is 0 Å². The van der Waals surface area contributed by atoms with Gasteiger partial charge in [0.1, 0.15) is 0 Å². The summed E-state index contributed by atoms with van der Waals surface area (Å²) in [5, 5.41) is 0. The molecule has 0 radical (unpaired) electrons. The summed E-state index contributed by atoms with van der Waals surface area (Å²) in [5.41, 5.74) is 0. The fraction of sp³-hybridized carbons (Fsp3) is 0.800. The molecule has 6 heavy (non-hydrogen) atoms. The van der Waals surface area contributed by atoms with Crippen molar-refractivity contribution in [1.82, 2.24) is 0 Å². The molecule has 0 nitrogen and oxygen atoms in total. The minimum Gasteiger partial charge on any atom is -0.343 e. The van der Waals surface area contributed by atoms with Crippen molar-refractivity contribution >= 4 is 0 Å². The molecular weight excluding hydrogens is 151 g/mol. The smallest absolute Gasteiger partial charge is 0 e. The second-order valence-corrected chi connectivity index (χ2v) is 1.68. The van der Waals surface area contributed by atoms with E-state index in [4.69, 9.17) is 0 Å². The molecule has 0 aromatic carbocycles. The summed E-state index contributed by atoms with van der Waals surface area (Å²) < 4.78 is 0. The van der Waals surface area contributed by atoms with Gasteiger partial charge in [0.05, 0.1) is 0 Å². The molecule has 0 spiro atoms. The van der Waals surface area contributed by atoms with Gasteiger partial charge in [0.2, 0.25) is 0 Å². The maximum atomic E-state index is 3.69. The van der Waals surface area contributed by atoms with Gasteiger partial charge in [-0.1, -0.05) is 19.8 Å². The Morgan fingerprint density at radius 3 is 1.67 bits per heavy atom. The van der Waals surface area contributed by atoms with Gasteiger partial charge < -0.3 is 6.92 Å². The normalized spacial score (nSPS) is 8.00. The second kappa shape index (κ2) is 5.88. The summed E-state index contributed by atoms with van der Waals surface area (Å²) in [6, 6.07) is 0. The molecule has 0 aliphatic carbocycles. The van der Waals surface area contributed by atoms with Crippen LogP contribution in [-0.4, -0.2) is 0 Å². The van der Waals surface area contributed by atoms with Gasteiger partial charge in [0.15, 0.2) is 0 Å². The predicted molar refractivity (Wildman–Crippen MR) is 24.8 cm³/mol. The molecule has 0 atom stereocenters. The van der Waals surface area contributed by atoms with Crippen LogP contribution in [0.1, 0.15) is 20.3 Å². The summed E-state index contributed by atoms with van der Waals surface area (Å²) in [6.45, 7) is 8.00. The maximum absolute atomic E-state index is 3.69. The molecule has 0 heterocycles. The van der Waals surface area contributed by atoms with Crippen molar-refractivity contribution in [1.29, 1.82) is 0 Å². The molecule has 0 amide bonds. The Balaban J connectivity index is 0. The summed E-state index contributed by atoms with van der Waals surface area (Å²) in [4.78, 5) is 0. The fourth-order valence-electron chi connectivity index (χ4n) is 0. The van der Waals surface area contributed by atoms with E-state index in [9.17, 15) is 0 Å². The number of rotatable bonds is 1. The molecule has 0 saturated heterocycles. The number of hydrogen-bond donors (Lipinski definition) is 0. The topological polar surface area (TPSA) is 0 Å². The molecule has 0 bridgehead atoms. The minimum absolute atomic E-state index is 0. The van der Waals surface area contributed by atoms with E-state index in [1.807, 2.05) is 0 Å². The Morgan fingerprint density at radius 2 is 1.67 bits per heavy atom.